The Morgan fingerprint density at radius 3 is 2.56 bits per heavy atom. The van der Waals surface area contributed by atoms with Crippen molar-refractivity contribution in [2.75, 3.05) is 7.11 Å². The molecule has 2 rings (SSSR count). The summed E-state index contributed by atoms with van der Waals surface area (Å²) in [5.74, 6) is -0.368. The number of nitrogens with one attached hydrogen (secondary N) is 1. The minimum atomic E-state index is -0.617. The summed E-state index contributed by atoms with van der Waals surface area (Å²) < 4.78 is 10.3. The summed E-state index contributed by atoms with van der Waals surface area (Å²) in [5.41, 5.74) is 1.29. The molecule has 1 amide bonds. The van der Waals surface area contributed by atoms with Crippen LogP contribution in [0.1, 0.15) is 52.0 Å². The Hall–Kier alpha value is -2.37. The number of benzene rings is 1. The van der Waals surface area contributed by atoms with Gasteiger partial charge in [0, 0.05) is 12.1 Å². The van der Waals surface area contributed by atoms with Gasteiger partial charge < -0.3 is 14.8 Å². The molecule has 0 heterocycles. The summed E-state index contributed by atoms with van der Waals surface area (Å²) in [6, 6.07) is 8.91. The van der Waals surface area contributed by atoms with Crippen LogP contribution in [0.2, 0.25) is 0 Å². The fraction of sp³-hybridized carbons (Fsp3) is 0.571. The fourth-order valence-electron chi connectivity index (χ4n) is 3.11. The number of methoxy groups -OCH3 is 1. The quantitative estimate of drug-likeness (QED) is 0.798. The molecule has 1 aromatic carbocycles. The van der Waals surface area contributed by atoms with Gasteiger partial charge in [-0.25, -0.2) is 9.59 Å². The minimum absolute atomic E-state index is 0.212. The minimum Gasteiger partial charge on any atom is -0.467 e. The van der Waals surface area contributed by atoms with Crippen LogP contribution in [-0.4, -0.2) is 42.6 Å². The molecule has 0 spiro atoms. The van der Waals surface area contributed by atoms with Gasteiger partial charge in [0.15, 0.2) is 6.04 Å². The number of nitrogens with zero attached hydrogens (tertiary/aromatic N) is 1. The van der Waals surface area contributed by atoms with E-state index in [2.05, 4.69) is 5.32 Å². The monoisotopic (exact) mass is 374 g/mol. The zero-order valence-electron chi connectivity index (χ0n) is 16.7. The lowest BCUT2D eigenvalue weighted by Gasteiger charge is -2.28. The first-order chi connectivity index (χ1) is 12.8. The van der Waals surface area contributed by atoms with Crippen molar-refractivity contribution in [1.82, 2.24) is 5.32 Å². The van der Waals surface area contributed by atoms with E-state index in [-0.39, 0.29) is 12.0 Å². The Kier molecular flexibility index (Phi) is 7.39. The molecule has 0 unspecified atom stereocenters. The number of aliphatic imine (C=N–C) groups is 1. The Morgan fingerprint density at radius 2 is 1.93 bits per heavy atom. The maximum atomic E-state index is 12.3. The predicted molar refractivity (Wildman–Crippen MR) is 105 cm³/mol. The van der Waals surface area contributed by atoms with Gasteiger partial charge in [-0.15, -0.1) is 0 Å². The van der Waals surface area contributed by atoms with Crippen LogP contribution in [0.5, 0.6) is 0 Å². The Labute approximate surface area is 161 Å². The van der Waals surface area contributed by atoms with Crippen LogP contribution in [0.4, 0.5) is 4.79 Å². The second-order valence-corrected chi connectivity index (χ2v) is 7.79. The first kappa shape index (κ1) is 20.9. The first-order valence-corrected chi connectivity index (χ1v) is 9.46. The number of carbonyl (C=O) groups is 2. The molecule has 0 bridgehead atoms. The summed E-state index contributed by atoms with van der Waals surface area (Å²) in [4.78, 5) is 29.1. The van der Waals surface area contributed by atoms with E-state index in [0.717, 1.165) is 37.0 Å². The molecule has 0 radical (unpaired) electrons. The van der Waals surface area contributed by atoms with E-state index in [1.165, 1.54) is 7.11 Å². The van der Waals surface area contributed by atoms with E-state index in [1.807, 2.05) is 51.1 Å². The van der Waals surface area contributed by atoms with E-state index in [4.69, 9.17) is 14.5 Å². The van der Waals surface area contributed by atoms with Crippen molar-refractivity contribution in [2.45, 2.75) is 70.6 Å². The number of amides is 1. The molecular weight excluding hydrogens is 344 g/mol. The summed E-state index contributed by atoms with van der Waals surface area (Å²) >= 11 is 0. The number of alkyl carbamates (subject to hydrolysis) is 1. The number of hydrogen-bond donors (Lipinski definition) is 1. The summed E-state index contributed by atoms with van der Waals surface area (Å²) in [5, 5.41) is 2.91. The zero-order valence-corrected chi connectivity index (χ0v) is 16.7. The SMILES string of the molecule is COC(=O)[C@H](Cc1ccccc1)N=C1CCCC[C@@H]1NC(=O)OC(C)(C)C. The third-order valence-corrected chi connectivity index (χ3v) is 4.34. The van der Waals surface area contributed by atoms with E-state index in [0.29, 0.717) is 6.42 Å². The van der Waals surface area contributed by atoms with Gasteiger partial charge in [-0.05, 0) is 45.6 Å². The van der Waals surface area contributed by atoms with Gasteiger partial charge in [-0.3, -0.25) is 4.99 Å². The van der Waals surface area contributed by atoms with Crippen LogP contribution in [0, 0.1) is 0 Å². The van der Waals surface area contributed by atoms with Gasteiger partial charge in [-0.1, -0.05) is 36.8 Å². The molecule has 1 saturated carbocycles. The molecule has 148 valence electrons. The van der Waals surface area contributed by atoms with Crippen molar-refractivity contribution in [3.63, 3.8) is 0 Å². The average molecular weight is 374 g/mol. The van der Waals surface area contributed by atoms with Gasteiger partial charge in [0.05, 0.1) is 13.2 Å². The van der Waals surface area contributed by atoms with Crippen molar-refractivity contribution in [1.29, 1.82) is 0 Å². The van der Waals surface area contributed by atoms with Crippen molar-refractivity contribution >= 4 is 17.8 Å². The molecule has 0 aliphatic heterocycles. The first-order valence-electron chi connectivity index (χ1n) is 9.46. The average Bonchev–Trinajstić information content (AvgIpc) is 2.61. The molecule has 27 heavy (non-hydrogen) atoms. The summed E-state index contributed by atoms with van der Waals surface area (Å²) in [6.45, 7) is 5.49. The Balaban J connectivity index is 2.15. The number of esters is 1. The normalized spacial score (nSPS) is 20.0. The lowest BCUT2D eigenvalue weighted by atomic mass is 9.92. The van der Waals surface area contributed by atoms with E-state index >= 15 is 0 Å². The highest BCUT2D eigenvalue weighted by Crippen LogP contribution is 2.19. The molecule has 1 aromatic rings. The fourth-order valence-corrected chi connectivity index (χ4v) is 3.11. The molecule has 6 nitrogen and oxygen atoms in total. The van der Waals surface area contributed by atoms with Crippen LogP contribution in [-0.2, 0) is 20.7 Å². The van der Waals surface area contributed by atoms with Crippen LogP contribution in [0.3, 0.4) is 0 Å². The number of hydrogen-bond acceptors (Lipinski definition) is 5. The second-order valence-electron chi connectivity index (χ2n) is 7.79. The summed E-state index contributed by atoms with van der Waals surface area (Å²) in [7, 11) is 1.37. The highest BCUT2D eigenvalue weighted by atomic mass is 16.6. The molecule has 0 saturated heterocycles. The van der Waals surface area contributed by atoms with Gasteiger partial charge >= 0.3 is 12.1 Å². The lowest BCUT2D eigenvalue weighted by Crippen LogP contribution is -2.45. The third kappa shape index (κ3) is 7.04. The largest absolute Gasteiger partial charge is 0.467 e. The number of rotatable bonds is 5. The molecule has 1 aliphatic rings. The van der Waals surface area contributed by atoms with Crippen molar-refractivity contribution in [3.05, 3.63) is 35.9 Å². The molecule has 1 aliphatic carbocycles. The van der Waals surface area contributed by atoms with E-state index in [1.54, 1.807) is 0 Å². The topological polar surface area (TPSA) is 77.0 Å². The zero-order chi connectivity index (χ0) is 19.9. The van der Waals surface area contributed by atoms with Crippen molar-refractivity contribution < 1.29 is 19.1 Å². The second kappa shape index (κ2) is 9.53. The number of ether oxygens (including phenoxy) is 2. The predicted octanol–water partition coefficient (Wildman–Crippen LogP) is 3.68. The maximum Gasteiger partial charge on any atom is 0.408 e. The van der Waals surface area contributed by atoms with Crippen LogP contribution in [0.15, 0.2) is 35.3 Å². The van der Waals surface area contributed by atoms with Gasteiger partial charge in [-0.2, -0.15) is 0 Å². The highest BCUT2D eigenvalue weighted by molar-refractivity contribution is 5.94. The lowest BCUT2D eigenvalue weighted by molar-refractivity contribution is -0.142. The van der Waals surface area contributed by atoms with Gasteiger partial charge in [0.1, 0.15) is 5.60 Å². The van der Waals surface area contributed by atoms with Crippen LogP contribution < -0.4 is 5.32 Å². The van der Waals surface area contributed by atoms with Crippen molar-refractivity contribution in [3.8, 4) is 0 Å². The molecule has 2 atom stereocenters. The third-order valence-electron chi connectivity index (χ3n) is 4.34. The molecule has 1 fully saturated rings. The van der Waals surface area contributed by atoms with E-state index < -0.39 is 17.7 Å². The molecular formula is C21H30N2O4. The van der Waals surface area contributed by atoms with Crippen LogP contribution in [0.25, 0.3) is 0 Å². The van der Waals surface area contributed by atoms with Gasteiger partial charge in [0.25, 0.3) is 0 Å². The van der Waals surface area contributed by atoms with Crippen molar-refractivity contribution in [2.24, 2.45) is 4.99 Å². The smallest absolute Gasteiger partial charge is 0.408 e. The van der Waals surface area contributed by atoms with Crippen LogP contribution >= 0.6 is 0 Å². The Bertz CT molecular complexity index is 665. The number of carbonyl (C=O) groups excluding carboxylic acids is 2. The summed E-state index contributed by atoms with van der Waals surface area (Å²) in [6.07, 6.45) is 3.54. The maximum absolute atomic E-state index is 12.3. The standard InChI is InChI=1S/C21H30N2O4/c1-21(2,3)27-20(25)23-17-13-9-8-12-16(17)22-18(19(24)26-4)14-15-10-6-5-7-11-15/h5-7,10-11,17-18H,8-9,12-14H2,1-4H3,(H,23,25)/t17-,18-/m0/s1. The Morgan fingerprint density at radius 1 is 1.22 bits per heavy atom. The molecule has 1 N–H and O–H groups in total. The van der Waals surface area contributed by atoms with Gasteiger partial charge in [0.2, 0.25) is 0 Å². The molecule has 0 aromatic heterocycles. The van der Waals surface area contributed by atoms with E-state index in [9.17, 15) is 9.59 Å². The molecule has 6 heteroatoms. The highest BCUT2D eigenvalue weighted by Gasteiger charge is 2.27.